The number of para-hydroxylation sites is 1. The van der Waals surface area contributed by atoms with Crippen molar-refractivity contribution in [3.8, 4) is 40.5 Å². The summed E-state index contributed by atoms with van der Waals surface area (Å²) in [5.41, 5.74) is 7.91. The van der Waals surface area contributed by atoms with Crippen molar-refractivity contribution in [1.82, 2.24) is 9.97 Å². The summed E-state index contributed by atoms with van der Waals surface area (Å²) in [7, 11) is 1.59. The summed E-state index contributed by atoms with van der Waals surface area (Å²) in [6.45, 7) is 1.68. The second-order valence-corrected chi connectivity index (χ2v) is 9.30. The molecule has 1 amide bonds. The first-order valence-corrected chi connectivity index (χ1v) is 12.0. The molecule has 0 saturated heterocycles. The molecular weight excluding hydrogens is 484 g/mol. The van der Waals surface area contributed by atoms with Crippen LogP contribution in [-0.4, -0.2) is 28.2 Å². The van der Waals surface area contributed by atoms with Crippen LogP contribution in [-0.2, 0) is 4.79 Å². The van der Waals surface area contributed by atoms with Gasteiger partial charge in [0.25, 0.3) is 0 Å². The maximum absolute atomic E-state index is 12.9. The molecule has 4 rings (SSSR count). The number of rotatable bonds is 7. The summed E-state index contributed by atoms with van der Waals surface area (Å²) in [6.07, 6.45) is 1.43. The summed E-state index contributed by atoms with van der Waals surface area (Å²) < 4.78 is 10.8. The highest BCUT2D eigenvalue weighted by molar-refractivity contribution is 8.00. The minimum Gasteiger partial charge on any atom is -0.496 e. The maximum atomic E-state index is 12.9. The van der Waals surface area contributed by atoms with Gasteiger partial charge in [0.2, 0.25) is 5.91 Å². The van der Waals surface area contributed by atoms with Crippen LogP contribution >= 0.6 is 23.1 Å². The Morgan fingerprint density at radius 2 is 1.97 bits per heavy atom. The number of hydrogen-bond acceptors (Lipinski definition) is 10. The molecule has 0 aliphatic heterocycles. The average Bonchev–Trinajstić information content (AvgIpc) is 3.56. The van der Waals surface area contributed by atoms with E-state index in [-0.39, 0.29) is 33.4 Å². The fourth-order valence-corrected chi connectivity index (χ4v) is 4.92. The Hall–Kier alpha value is -4.32. The number of nitrogen functional groups attached to an aromatic ring is 1. The molecule has 1 atom stereocenters. The van der Waals surface area contributed by atoms with Crippen molar-refractivity contribution < 1.29 is 13.9 Å². The number of nitrogens with one attached hydrogen (secondary N) is 1. The molecule has 1 aromatic carbocycles. The van der Waals surface area contributed by atoms with Crippen LogP contribution in [0.15, 0.2) is 57.5 Å². The number of aromatic nitrogens is 2. The molecule has 174 valence electrons. The zero-order chi connectivity index (χ0) is 24.9. The first-order valence-electron chi connectivity index (χ1n) is 10.2. The number of methoxy groups -OCH3 is 1. The Morgan fingerprint density at radius 3 is 2.66 bits per heavy atom. The lowest BCUT2D eigenvalue weighted by Crippen LogP contribution is -2.22. The largest absolute Gasteiger partial charge is 0.496 e. The summed E-state index contributed by atoms with van der Waals surface area (Å²) in [4.78, 5) is 21.6. The van der Waals surface area contributed by atoms with Gasteiger partial charge < -0.3 is 20.2 Å². The van der Waals surface area contributed by atoms with E-state index in [0.29, 0.717) is 22.3 Å². The number of thioether (sulfide) groups is 1. The molecule has 3 heterocycles. The van der Waals surface area contributed by atoms with Crippen LogP contribution in [0.5, 0.6) is 5.75 Å². The number of benzene rings is 1. The number of carbonyl (C=O) groups is 1. The second-order valence-electron chi connectivity index (χ2n) is 7.12. The number of carbonyl (C=O) groups excluding carboxylic acids is 1. The van der Waals surface area contributed by atoms with Gasteiger partial charge in [0.1, 0.15) is 40.1 Å². The van der Waals surface area contributed by atoms with Crippen LogP contribution in [0.25, 0.3) is 22.6 Å². The third kappa shape index (κ3) is 4.82. The highest BCUT2D eigenvalue weighted by Gasteiger charge is 2.25. The second kappa shape index (κ2) is 10.3. The zero-order valence-electron chi connectivity index (χ0n) is 18.6. The van der Waals surface area contributed by atoms with E-state index in [0.717, 1.165) is 17.3 Å². The van der Waals surface area contributed by atoms with E-state index in [4.69, 9.17) is 14.9 Å². The van der Waals surface area contributed by atoms with Crippen LogP contribution < -0.4 is 15.8 Å². The van der Waals surface area contributed by atoms with Gasteiger partial charge in [0.15, 0.2) is 5.13 Å². The van der Waals surface area contributed by atoms with Gasteiger partial charge in [-0.25, -0.2) is 9.97 Å². The number of amides is 1. The third-order valence-corrected chi connectivity index (χ3v) is 6.80. The number of anilines is 2. The quantitative estimate of drug-likeness (QED) is 0.335. The van der Waals surface area contributed by atoms with Crippen molar-refractivity contribution in [2.24, 2.45) is 0 Å². The third-order valence-electron chi connectivity index (χ3n) is 4.96. The van der Waals surface area contributed by atoms with Crippen molar-refractivity contribution in [3.05, 3.63) is 59.2 Å². The van der Waals surface area contributed by atoms with Gasteiger partial charge in [0.05, 0.1) is 35.4 Å². The van der Waals surface area contributed by atoms with Gasteiger partial charge in [-0.3, -0.25) is 4.79 Å². The molecule has 35 heavy (non-hydrogen) atoms. The number of hydrogen-bond donors (Lipinski definition) is 2. The van der Waals surface area contributed by atoms with Gasteiger partial charge in [-0.15, -0.1) is 11.3 Å². The van der Waals surface area contributed by atoms with E-state index >= 15 is 0 Å². The summed E-state index contributed by atoms with van der Waals surface area (Å²) in [6, 6.07) is 14.8. The fourth-order valence-electron chi connectivity index (χ4n) is 3.29. The number of nitriles is 2. The van der Waals surface area contributed by atoms with Gasteiger partial charge in [-0.05, 0) is 31.2 Å². The van der Waals surface area contributed by atoms with Crippen LogP contribution in [0.2, 0.25) is 0 Å². The molecule has 3 N–H and O–H groups in total. The van der Waals surface area contributed by atoms with Crippen LogP contribution in [0.3, 0.4) is 0 Å². The number of ether oxygens (including phenoxy) is 1. The Bertz CT molecular complexity index is 1470. The molecule has 0 aliphatic rings. The lowest BCUT2D eigenvalue weighted by Gasteiger charge is -2.14. The standard InChI is InChI=1S/C24H18N6O3S2/c1-13(22(31)30-24-28-17(12-34-24)14-6-3-4-7-18(14)32-2)35-23-16(11-26)20(19-8-5-9-33-19)15(10-25)21(27)29-23/h3-9,12-13H,1-2H3,(H2,27,29)(H,28,30,31). The van der Waals surface area contributed by atoms with Crippen molar-refractivity contribution >= 4 is 40.0 Å². The van der Waals surface area contributed by atoms with E-state index in [1.165, 1.54) is 17.6 Å². The zero-order valence-corrected chi connectivity index (χ0v) is 20.2. The van der Waals surface area contributed by atoms with Crippen molar-refractivity contribution in [3.63, 3.8) is 0 Å². The number of thiazole rings is 1. The monoisotopic (exact) mass is 502 g/mol. The first kappa shape index (κ1) is 23.8. The van der Waals surface area contributed by atoms with Crippen molar-refractivity contribution in [2.45, 2.75) is 17.2 Å². The van der Waals surface area contributed by atoms with Gasteiger partial charge in [-0.2, -0.15) is 10.5 Å². The predicted octanol–water partition coefficient (Wildman–Crippen LogP) is 4.92. The van der Waals surface area contributed by atoms with Crippen molar-refractivity contribution in [2.75, 3.05) is 18.2 Å². The first-order chi connectivity index (χ1) is 17.0. The summed E-state index contributed by atoms with van der Waals surface area (Å²) in [5, 5.41) is 24.0. The summed E-state index contributed by atoms with van der Waals surface area (Å²) >= 11 is 2.34. The molecule has 4 aromatic rings. The molecule has 1 unspecified atom stereocenters. The molecular formula is C24H18N6O3S2. The molecule has 0 aliphatic carbocycles. The molecule has 9 nitrogen and oxygen atoms in total. The molecule has 0 spiro atoms. The van der Waals surface area contributed by atoms with E-state index < -0.39 is 5.25 Å². The fraction of sp³-hybridized carbons (Fsp3) is 0.125. The Labute approximate surface area is 209 Å². The van der Waals surface area contributed by atoms with Gasteiger partial charge >= 0.3 is 0 Å². The van der Waals surface area contributed by atoms with Crippen LogP contribution in [0, 0.1) is 22.7 Å². The summed E-state index contributed by atoms with van der Waals surface area (Å²) in [5.74, 6) is 0.622. The Morgan fingerprint density at radius 1 is 1.20 bits per heavy atom. The molecule has 0 bridgehead atoms. The molecule has 0 fully saturated rings. The minimum atomic E-state index is -0.648. The molecule has 0 saturated carbocycles. The van der Waals surface area contributed by atoms with Crippen LogP contribution in [0.4, 0.5) is 10.9 Å². The van der Waals surface area contributed by atoms with E-state index in [9.17, 15) is 15.3 Å². The van der Waals surface area contributed by atoms with Crippen molar-refractivity contribution in [1.29, 1.82) is 10.5 Å². The normalized spacial score (nSPS) is 11.3. The van der Waals surface area contributed by atoms with Gasteiger partial charge in [0, 0.05) is 10.9 Å². The molecule has 0 radical (unpaired) electrons. The molecule has 11 heteroatoms. The highest BCUT2D eigenvalue weighted by Crippen LogP contribution is 2.37. The topological polar surface area (TPSA) is 151 Å². The van der Waals surface area contributed by atoms with E-state index in [1.54, 1.807) is 26.2 Å². The number of nitrogens with zero attached hydrogens (tertiary/aromatic N) is 4. The predicted molar refractivity (Wildman–Crippen MR) is 134 cm³/mol. The lowest BCUT2D eigenvalue weighted by molar-refractivity contribution is -0.115. The highest BCUT2D eigenvalue weighted by atomic mass is 32.2. The number of nitrogens with two attached hydrogens (primary N) is 1. The van der Waals surface area contributed by atoms with Crippen LogP contribution in [0.1, 0.15) is 18.1 Å². The SMILES string of the molecule is COc1ccccc1-c1csc(NC(=O)C(C)Sc2nc(N)c(C#N)c(-c3ccco3)c2C#N)n1. The van der Waals surface area contributed by atoms with E-state index in [1.807, 2.05) is 35.7 Å². The Kier molecular flexibility index (Phi) is 7.01. The smallest absolute Gasteiger partial charge is 0.239 e. The molecule has 3 aromatic heterocycles. The minimum absolute atomic E-state index is 0.0459. The number of pyridine rings is 1. The maximum Gasteiger partial charge on any atom is 0.239 e. The lowest BCUT2D eigenvalue weighted by atomic mass is 10.0. The average molecular weight is 503 g/mol. The van der Waals surface area contributed by atoms with Gasteiger partial charge in [-0.1, -0.05) is 23.9 Å². The number of furan rings is 1. The Balaban J connectivity index is 1.57. The van der Waals surface area contributed by atoms with E-state index in [2.05, 4.69) is 21.4 Å².